The summed E-state index contributed by atoms with van der Waals surface area (Å²) in [4.78, 5) is 4.48. The Bertz CT molecular complexity index is 606. The van der Waals surface area contributed by atoms with Crippen molar-refractivity contribution in [3.05, 3.63) is 25.7 Å². The van der Waals surface area contributed by atoms with E-state index in [1.54, 1.807) is 14.0 Å². The van der Waals surface area contributed by atoms with Gasteiger partial charge in [0, 0.05) is 24.9 Å². The Morgan fingerprint density at radius 1 is 1.67 bits per heavy atom. The number of halogens is 3. The minimum atomic E-state index is -0.958. The molecule has 1 unspecified atom stereocenters. The first-order chi connectivity index (χ1) is 9.82. The Morgan fingerprint density at radius 3 is 2.71 bits per heavy atom. The zero-order valence-corrected chi connectivity index (χ0v) is 16.3. The lowest BCUT2D eigenvalue weighted by Gasteiger charge is -2.16. The molecule has 0 amide bonds. The summed E-state index contributed by atoms with van der Waals surface area (Å²) in [5.74, 6) is 0.663. The monoisotopic (exact) mass is 486 g/mol. The van der Waals surface area contributed by atoms with Crippen molar-refractivity contribution in [3.63, 3.8) is 0 Å². The van der Waals surface area contributed by atoms with Crippen LogP contribution in [-0.4, -0.2) is 26.1 Å². The van der Waals surface area contributed by atoms with Crippen LogP contribution in [0.3, 0.4) is 0 Å². The molecule has 1 aromatic heterocycles. The molecule has 0 aliphatic heterocycles. The van der Waals surface area contributed by atoms with Gasteiger partial charge in [-0.3, -0.25) is 9.67 Å². The van der Waals surface area contributed by atoms with Crippen molar-refractivity contribution in [2.24, 2.45) is 23.7 Å². The second kappa shape index (κ2) is 6.97. The number of aliphatic hydroxyl groups excluding tert-OH is 1. The third kappa shape index (κ3) is 4.00. The molecule has 0 saturated heterocycles. The molecule has 0 bridgehead atoms. The highest BCUT2D eigenvalue weighted by molar-refractivity contribution is 14.1. The van der Waals surface area contributed by atoms with Crippen molar-refractivity contribution in [3.8, 4) is 0 Å². The fourth-order valence-electron chi connectivity index (χ4n) is 1.94. The average molecular weight is 488 g/mol. The summed E-state index contributed by atoms with van der Waals surface area (Å²) in [5, 5.41) is 15.3. The van der Waals surface area contributed by atoms with Gasteiger partial charge in [-0.15, -0.1) is 0 Å². The SMILES string of the molecule is CC(N)=C(C(Br)=NCC1CC1)C(O)c1c(I)nn(C)c1Cl. The Morgan fingerprint density at radius 2 is 2.29 bits per heavy atom. The van der Waals surface area contributed by atoms with Crippen molar-refractivity contribution < 1.29 is 5.11 Å². The van der Waals surface area contributed by atoms with E-state index >= 15 is 0 Å². The lowest BCUT2D eigenvalue weighted by molar-refractivity contribution is 0.220. The topological polar surface area (TPSA) is 76.4 Å². The Kier molecular flexibility index (Phi) is 5.72. The van der Waals surface area contributed by atoms with Crippen molar-refractivity contribution in [2.45, 2.75) is 25.9 Å². The van der Waals surface area contributed by atoms with Crippen LogP contribution in [0.25, 0.3) is 0 Å². The lowest BCUT2D eigenvalue weighted by atomic mass is 10.0. The van der Waals surface area contributed by atoms with Crippen LogP contribution in [-0.2, 0) is 7.05 Å². The predicted molar refractivity (Wildman–Crippen MR) is 96.7 cm³/mol. The number of hydrogen-bond donors (Lipinski definition) is 2. The van der Waals surface area contributed by atoms with Gasteiger partial charge in [-0.05, 0) is 64.2 Å². The molecule has 1 atom stereocenters. The zero-order chi connectivity index (χ0) is 15.7. The molecule has 21 heavy (non-hydrogen) atoms. The number of hydrogen-bond acceptors (Lipinski definition) is 4. The van der Waals surface area contributed by atoms with E-state index < -0.39 is 6.10 Å². The molecular weight excluding hydrogens is 470 g/mol. The van der Waals surface area contributed by atoms with Crippen LogP contribution < -0.4 is 5.73 Å². The van der Waals surface area contributed by atoms with Gasteiger partial charge in [-0.2, -0.15) is 5.10 Å². The first-order valence-electron chi connectivity index (χ1n) is 6.55. The number of allylic oxidation sites excluding steroid dienone is 1. The largest absolute Gasteiger partial charge is 0.402 e. The molecule has 1 aromatic rings. The van der Waals surface area contributed by atoms with Crippen LogP contribution in [0, 0.1) is 9.62 Å². The van der Waals surface area contributed by atoms with E-state index in [-0.39, 0.29) is 0 Å². The number of rotatable bonds is 5. The molecule has 1 fully saturated rings. The first-order valence-corrected chi connectivity index (χ1v) is 8.80. The molecule has 2 rings (SSSR count). The maximum atomic E-state index is 10.7. The summed E-state index contributed by atoms with van der Waals surface area (Å²) in [6, 6.07) is 0. The lowest BCUT2D eigenvalue weighted by Crippen LogP contribution is -2.14. The van der Waals surface area contributed by atoms with E-state index in [2.05, 4.69) is 26.0 Å². The van der Waals surface area contributed by atoms with E-state index in [1.807, 2.05) is 22.6 Å². The Labute approximate surface area is 150 Å². The second-order valence-electron chi connectivity index (χ2n) is 5.19. The van der Waals surface area contributed by atoms with Crippen LogP contribution in [0.4, 0.5) is 0 Å². The molecule has 1 aliphatic rings. The van der Waals surface area contributed by atoms with Crippen molar-refractivity contribution in [2.75, 3.05) is 6.54 Å². The number of aliphatic imine (C=N–C) groups is 1. The summed E-state index contributed by atoms with van der Waals surface area (Å²) < 4.78 is 2.76. The van der Waals surface area contributed by atoms with E-state index in [1.165, 1.54) is 17.5 Å². The van der Waals surface area contributed by atoms with Gasteiger partial charge in [-0.25, -0.2) is 0 Å². The van der Waals surface area contributed by atoms with Gasteiger partial charge in [0.25, 0.3) is 0 Å². The third-order valence-corrected chi connectivity index (χ3v) is 5.27. The van der Waals surface area contributed by atoms with E-state index in [4.69, 9.17) is 17.3 Å². The molecule has 0 spiro atoms. The molecule has 3 N–H and O–H groups in total. The van der Waals surface area contributed by atoms with Crippen molar-refractivity contribution in [1.82, 2.24) is 9.78 Å². The Balaban J connectivity index is 2.33. The molecular formula is C13H17BrClIN4O. The molecule has 116 valence electrons. The van der Waals surface area contributed by atoms with Gasteiger partial charge in [0.2, 0.25) is 0 Å². The normalized spacial score (nSPS) is 18.7. The summed E-state index contributed by atoms with van der Waals surface area (Å²) in [7, 11) is 1.73. The van der Waals surface area contributed by atoms with Crippen molar-refractivity contribution in [1.29, 1.82) is 0 Å². The summed E-state index contributed by atoms with van der Waals surface area (Å²) >= 11 is 11.7. The van der Waals surface area contributed by atoms with E-state index in [0.717, 1.165) is 6.54 Å². The van der Waals surface area contributed by atoms with Crippen LogP contribution >= 0.6 is 50.1 Å². The fourth-order valence-corrected chi connectivity index (χ4v) is 3.88. The van der Waals surface area contributed by atoms with Gasteiger partial charge in [0.15, 0.2) is 0 Å². The highest BCUT2D eigenvalue weighted by Gasteiger charge is 2.27. The number of aliphatic hydroxyl groups is 1. The molecule has 5 nitrogen and oxygen atoms in total. The van der Waals surface area contributed by atoms with Gasteiger partial charge >= 0.3 is 0 Å². The zero-order valence-electron chi connectivity index (χ0n) is 11.8. The maximum Gasteiger partial charge on any atom is 0.133 e. The number of aromatic nitrogens is 2. The van der Waals surface area contributed by atoms with Crippen LogP contribution in [0.15, 0.2) is 16.3 Å². The Hall–Kier alpha value is -0.120. The molecule has 1 heterocycles. The maximum absolute atomic E-state index is 10.7. The van der Waals surface area contributed by atoms with Gasteiger partial charge in [0.1, 0.15) is 19.6 Å². The van der Waals surface area contributed by atoms with Crippen molar-refractivity contribution >= 4 is 54.7 Å². The van der Waals surface area contributed by atoms with Crippen LogP contribution in [0.5, 0.6) is 0 Å². The molecule has 8 heteroatoms. The average Bonchev–Trinajstić information content (AvgIpc) is 3.15. The third-order valence-electron chi connectivity index (χ3n) is 3.35. The summed E-state index contributed by atoms with van der Waals surface area (Å²) in [5.41, 5.74) is 7.54. The summed E-state index contributed by atoms with van der Waals surface area (Å²) in [6.07, 6.45) is 1.49. The van der Waals surface area contributed by atoms with E-state index in [9.17, 15) is 5.11 Å². The smallest absolute Gasteiger partial charge is 0.133 e. The number of aryl methyl sites for hydroxylation is 1. The van der Waals surface area contributed by atoms with Gasteiger partial charge in [-0.1, -0.05) is 11.6 Å². The fraction of sp³-hybridized carbons (Fsp3) is 0.538. The standard InChI is InChI=1S/C13H17BrClIN4O/c1-6(17)8(11(14)18-5-7-3-4-7)10(21)9-12(15)20(2)19-13(9)16/h7,10,21H,3-5,17H2,1-2H3. The highest BCUT2D eigenvalue weighted by atomic mass is 127. The minimum absolute atomic E-state index is 0.396. The number of nitrogens with two attached hydrogens (primary N) is 1. The molecule has 0 aromatic carbocycles. The van der Waals surface area contributed by atoms with Gasteiger partial charge < -0.3 is 10.8 Å². The molecule has 1 aliphatic carbocycles. The number of nitrogens with zero attached hydrogens (tertiary/aromatic N) is 3. The molecule has 0 radical (unpaired) electrons. The van der Waals surface area contributed by atoms with E-state index in [0.29, 0.717) is 36.2 Å². The predicted octanol–water partition coefficient (Wildman–Crippen LogP) is 3.15. The summed E-state index contributed by atoms with van der Waals surface area (Å²) in [6.45, 7) is 2.49. The quantitative estimate of drug-likeness (QED) is 0.495. The molecule has 1 saturated carbocycles. The highest BCUT2D eigenvalue weighted by Crippen LogP contribution is 2.35. The first kappa shape index (κ1) is 17.2. The van der Waals surface area contributed by atoms with Crippen LogP contribution in [0.1, 0.15) is 31.4 Å². The second-order valence-corrected chi connectivity index (χ2v) is 7.32. The van der Waals surface area contributed by atoms with Gasteiger partial charge in [0.05, 0.1) is 5.56 Å². The minimum Gasteiger partial charge on any atom is -0.402 e. The van der Waals surface area contributed by atoms with Crippen LogP contribution in [0.2, 0.25) is 5.15 Å².